The summed E-state index contributed by atoms with van der Waals surface area (Å²) in [5, 5.41) is 13.0. The number of rotatable bonds is 7. The third-order valence-corrected chi connectivity index (χ3v) is 5.78. The highest BCUT2D eigenvalue weighted by atomic mass is 16.3. The molecule has 1 saturated heterocycles. The highest BCUT2D eigenvalue weighted by Crippen LogP contribution is 2.48. The molecule has 5 heteroatoms. The van der Waals surface area contributed by atoms with Gasteiger partial charge in [-0.25, -0.2) is 9.97 Å². The zero-order valence-electron chi connectivity index (χ0n) is 15.3. The van der Waals surface area contributed by atoms with E-state index < -0.39 is 0 Å². The second kappa shape index (κ2) is 7.62. The van der Waals surface area contributed by atoms with Crippen LogP contribution in [0.4, 0.5) is 11.6 Å². The van der Waals surface area contributed by atoms with Gasteiger partial charge in [0.15, 0.2) is 0 Å². The lowest BCUT2D eigenvalue weighted by molar-refractivity contribution is 0.208. The highest BCUT2D eigenvalue weighted by Gasteiger charge is 2.42. The minimum Gasteiger partial charge on any atom is -0.396 e. The maximum Gasteiger partial charge on any atom is 0.134 e. The van der Waals surface area contributed by atoms with E-state index in [0.29, 0.717) is 11.3 Å². The van der Waals surface area contributed by atoms with Gasteiger partial charge in [0.1, 0.15) is 18.0 Å². The van der Waals surface area contributed by atoms with E-state index in [1.165, 1.54) is 18.4 Å². The van der Waals surface area contributed by atoms with Gasteiger partial charge < -0.3 is 15.3 Å². The first-order valence-corrected chi connectivity index (χ1v) is 9.72. The molecule has 2 aromatic rings. The molecule has 4 rings (SSSR count). The van der Waals surface area contributed by atoms with Gasteiger partial charge in [-0.2, -0.15) is 0 Å². The summed E-state index contributed by atoms with van der Waals surface area (Å²) in [4.78, 5) is 11.1. The fraction of sp³-hybridized carbons (Fsp3) is 0.524. The predicted octanol–water partition coefficient (Wildman–Crippen LogP) is 3.12. The third-order valence-electron chi connectivity index (χ3n) is 5.78. The first-order chi connectivity index (χ1) is 12.8. The number of benzene rings is 1. The Labute approximate surface area is 155 Å². The van der Waals surface area contributed by atoms with Crippen molar-refractivity contribution in [3.05, 3.63) is 48.3 Å². The van der Waals surface area contributed by atoms with Crippen LogP contribution in [0.15, 0.2) is 42.7 Å². The van der Waals surface area contributed by atoms with Crippen LogP contribution in [0.5, 0.6) is 0 Å². The molecule has 1 aliphatic carbocycles. The molecule has 0 amide bonds. The zero-order valence-corrected chi connectivity index (χ0v) is 15.3. The van der Waals surface area contributed by atoms with Gasteiger partial charge in [0, 0.05) is 32.3 Å². The average Bonchev–Trinajstić information content (AvgIpc) is 3.47. The molecule has 26 heavy (non-hydrogen) atoms. The van der Waals surface area contributed by atoms with Crippen LogP contribution in [-0.4, -0.2) is 41.3 Å². The molecule has 138 valence electrons. The van der Waals surface area contributed by atoms with Crippen molar-refractivity contribution in [2.75, 3.05) is 36.5 Å². The average molecular weight is 352 g/mol. The van der Waals surface area contributed by atoms with Gasteiger partial charge in [-0.1, -0.05) is 30.3 Å². The van der Waals surface area contributed by atoms with E-state index in [0.717, 1.165) is 50.5 Å². The van der Waals surface area contributed by atoms with Crippen LogP contribution in [0, 0.1) is 11.3 Å². The fourth-order valence-electron chi connectivity index (χ4n) is 3.94. The normalized spacial score (nSPS) is 21.4. The first kappa shape index (κ1) is 17.3. The van der Waals surface area contributed by atoms with Gasteiger partial charge in [-0.3, -0.25) is 0 Å². The van der Waals surface area contributed by atoms with E-state index >= 15 is 0 Å². The Bertz CT molecular complexity index is 717. The quantitative estimate of drug-likeness (QED) is 0.802. The van der Waals surface area contributed by atoms with E-state index in [2.05, 4.69) is 56.6 Å². The van der Waals surface area contributed by atoms with Gasteiger partial charge in [-0.05, 0) is 49.0 Å². The Morgan fingerprint density at radius 1 is 1.19 bits per heavy atom. The molecule has 1 aliphatic heterocycles. The van der Waals surface area contributed by atoms with E-state index in [-0.39, 0.29) is 6.61 Å². The number of hydrogen-bond donors (Lipinski definition) is 2. The summed E-state index contributed by atoms with van der Waals surface area (Å²) >= 11 is 0. The minimum absolute atomic E-state index is 0.259. The molecule has 1 atom stereocenters. The minimum atomic E-state index is 0.259. The Kier molecular flexibility index (Phi) is 5.07. The Morgan fingerprint density at radius 3 is 2.81 bits per heavy atom. The summed E-state index contributed by atoms with van der Waals surface area (Å²) in [5.41, 5.74) is 1.79. The van der Waals surface area contributed by atoms with E-state index in [9.17, 15) is 5.11 Å². The highest BCUT2D eigenvalue weighted by molar-refractivity contribution is 5.49. The monoisotopic (exact) mass is 352 g/mol. The van der Waals surface area contributed by atoms with Crippen LogP contribution in [0.3, 0.4) is 0 Å². The van der Waals surface area contributed by atoms with E-state index in [4.69, 9.17) is 0 Å². The zero-order chi connectivity index (χ0) is 17.8. The van der Waals surface area contributed by atoms with E-state index in [1.54, 1.807) is 6.33 Å². The van der Waals surface area contributed by atoms with Crippen molar-refractivity contribution in [1.82, 2.24) is 9.97 Å². The molecular weight excluding hydrogens is 324 g/mol. The van der Waals surface area contributed by atoms with Gasteiger partial charge >= 0.3 is 0 Å². The van der Waals surface area contributed by atoms with Crippen LogP contribution >= 0.6 is 0 Å². The van der Waals surface area contributed by atoms with Crippen LogP contribution < -0.4 is 10.2 Å². The maximum absolute atomic E-state index is 9.44. The van der Waals surface area contributed by atoms with Crippen LogP contribution in [0.2, 0.25) is 0 Å². The number of anilines is 2. The summed E-state index contributed by atoms with van der Waals surface area (Å²) < 4.78 is 0. The third kappa shape index (κ3) is 4.15. The van der Waals surface area contributed by atoms with Crippen molar-refractivity contribution in [2.45, 2.75) is 32.1 Å². The Morgan fingerprint density at radius 2 is 2.04 bits per heavy atom. The number of aliphatic hydroxyl groups is 1. The molecule has 2 N–H and O–H groups in total. The number of piperidine rings is 1. The van der Waals surface area contributed by atoms with E-state index in [1.807, 2.05) is 0 Å². The van der Waals surface area contributed by atoms with Crippen LogP contribution in [-0.2, 0) is 6.42 Å². The summed E-state index contributed by atoms with van der Waals surface area (Å²) in [6.07, 6.45) is 7.54. The van der Waals surface area contributed by atoms with Gasteiger partial charge in [0.25, 0.3) is 0 Å². The summed E-state index contributed by atoms with van der Waals surface area (Å²) in [7, 11) is 0. The van der Waals surface area contributed by atoms with Crippen molar-refractivity contribution in [1.29, 1.82) is 0 Å². The van der Waals surface area contributed by atoms with Crippen molar-refractivity contribution < 1.29 is 5.11 Å². The predicted molar refractivity (Wildman–Crippen MR) is 104 cm³/mol. The van der Waals surface area contributed by atoms with Gasteiger partial charge in [-0.15, -0.1) is 0 Å². The van der Waals surface area contributed by atoms with Crippen molar-refractivity contribution in [3.63, 3.8) is 0 Å². The first-order valence-electron chi connectivity index (χ1n) is 9.72. The van der Waals surface area contributed by atoms with Crippen molar-refractivity contribution in [2.24, 2.45) is 11.3 Å². The molecule has 0 spiro atoms. The second-order valence-electron chi connectivity index (χ2n) is 7.91. The fourth-order valence-corrected chi connectivity index (χ4v) is 3.94. The van der Waals surface area contributed by atoms with Gasteiger partial charge in [0.05, 0.1) is 0 Å². The van der Waals surface area contributed by atoms with Crippen LogP contribution in [0.25, 0.3) is 0 Å². The molecule has 1 aromatic heterocycles. The van der Waals surface area contributed by atoms with Crippen molar-refractivity contribution >= 4 is 11.6 Å². The molecule has 0 radical (unpaired) electrons. The Hall–Kier alpha value is -2.14. The van der Waals surface area contributed by atoms with Crippen LogP contribution in [0.1, 0.15) is 31.2 Å². The number of nitrogens with zero attached hydrogens (tertiary/aromatic N) is 3. The maximum atomic E-state index is 9.44. The standard InChI is InChI=1S/C21H28N4O/c26-14-18-7-4-10-25(13-18)20-11-19(23-16-24-20)22-15-21(8-9-21)12-17-5-2-1-3-6-17/h1-3,5-6,11,16,18,26H,4,7-10,12-15H2,(H,22,23,24). The number of aromatic nitrogens is 2. The number of aliphatic hydroxyl groups excluding tert-OH is 1. The Balaban J connectivity index is 1.37. The molecule has 2 aliphatic rings. The molecule has 0 bridgehead atoms. The molecule has 5 nitrogen and oxygen atoms in total. The second-order valence-corrected chi connectivity index (χ2v) is 7.91. The lowest BCUT2D eigenvalue weighted by atomic mass is 9.96. The number of hydrogen-bond acceptors (Lipinski definition) is 5. The molecular formula is C21H28N4O. The largest absolute Gasteiger partial charge is 0.396 e. The molecule has 2 fully saturated rings. The lowest BCUT2D eigenvalue weighted by Gasteiger charge is -2.32. The van der Waals surface area contributed by atoms with Crippen molar-refractivity contribution in [3.8, 4) is 0 Å². The SMILES string of the molecule is OCC1CCCN(c2cc(NCC3(Cc4ccccc4)CC3)ncn2)C1. The molecule has 1 aromatic carbocycles. The summed E-state index contributed by atoms with van der Waals surface area (Å²) in [6.45, 7) is 3.10. The lowest BCUT2D eigenvalue weighted by Crippen LogP contribution is -2.37. The number of nitrogens with one attached hydrogen (secondary N) is 1. The molecule has 1 unspecified atom stereocenters. The van der Waals surface area contributed by atoms with Gasteiger partial charge in [0.2, 0.25) is 0 Å². The summed E-state index contributed by atoms with van der Waals surface area (Å²) in [5.74, 6) is 2.23. The molecule has 2 heterocycles. The molecule has 1 saturated carbocycles. The topological polar surface area (TPSA) is 61.3 Å². The summed E-state index contributed by atoms with van der Waals surface area (Å²) in [6, 6.07) is 12.8. The smallest absolute Gasteiger partial charge is 0.134 e.